The third-order valence-corrected chi connectivity index (χ3v) is 3.74. The van der Waals surface area contributed by atoms with Gasteiger partial charge in [0.15, 0.2) is 0 Å². The van der Waals surface area contributed by atoms with Crippen LogP contribution < -0.4 is 10.1 Å². The van der Waals surface area contributed by atoms with Gasteiger partial charge in [0.25, 0.3) is 0 Å². The molecular formula is C17H26N2O3. The molecule has 0 spiro atoms. The lowest BCUT2D eigenvalue weighted by atomic mass is 10.1. The summed E-state index contributed by atoms with van der Waals surface area (Å²) in [5.74, 6) is 0.944. The summed E-state index contributed by atoms with van der Waals surface area (Å²) in [6, 6.07) is 7.92. The first-order valence-electron chi connectivity index (χ1n) is 7.96. The van der Waals surface area contributed by atoms with Crippen molar-refractivity contribution in [1.29, 1.82) is 0 Å². The topological polar surface area (TPSA) is 50.8 Å². The summed E-state index contributed by atoms with van der Waals surface area (Å²) in [6.45, 7) is 5.79. The first-order chi connectivity index (χ1) is 10.7. The molecule has 1 saturated heterocycles. The zero-order chi connectivity index (χ0) is 15.8. The Kier molecular flexibility index (Phi) is 6.68. The van der Waals surface area contributed by atoms with E-state index in [2.05, 4.69) is 17.3 Å². The Morgan fingerprint density at radius 3 is 2.86 bits per heavy atom. The van der Waals surface area contributed by atoms with Crippen LogP contribution in [-0.4, -0.2) is 56.8 Å². The van der Waals surface area contributed by atoms with Gasteiger partial charge in [-0.15, -0.1) is 0 Å². The number of amides is 1. The molecule has 5 nitrogen and oxygen atoms in total. The molecule has 1 heterocycles. The molecular weight excluding hydrogens is 280 g/mol. The number of nitrogens with one attached hydrogen (secondary N) is 1. The molecule has 1 amide bonds. The summed E-state index contributed by atoms with van der Waals surface area (Å²) in [5, 5.41) is 2.96. The van der Waals surface area contributed by atoms with E-state index < -0.39 is 0 Å². The van der Waals surface area contributed by atoms with E-state index in [9.17, 15) is 4.79 Å². The number of hydrogen-bond donors (Lipinski definition) is 1. The molecule has 0 aromatic heterocycles. The van der Waals surface area contributed by atoms with Crippen LogP contribution in [0.15, 0.2) is 24.3 Å². The number of carbonyl (C=O) groups is 1. The molecule has 1 aromatic carbocycles. The van der Waals surface area contributed by atoms with Crippen LogP contribution in [0.1, 0.15) is 18.9 Å². The molecule has 0 aliphatic carbocycles. The molecule has 1 aromatic rings. The number of aryl methyl sites for hydroxylation is 1. The molecule has 1 N–H and O–H groups in total. The van der Waals surface area contributed by atoms with Gasteiger partial charge in [0, 0.05) is 26.1 Å². The van der Waals surface area contributed by atoms with Crippen LogP contribution in [0.4, 0.5) is 0 Å². The standard InChI is InChI=1S/C17H26N2O3/c1-3-21-15-7-4-14(5-8-15)6-9-17(20)18-12-16-13-19(2)10-11-22-16/h4-5,7-8,16H,3,6,9-13H2,1-2H3,(H,18,20)/t16-/m0/s1. The van der Waals surface area contributed by atoms with Crippen molar-refractivity contribution in [3.8, 4) is 5.75 Å². The Bertz CT molecular complexity index is 461. The van der Waals surface area contributed by atoms with Crippen molar-refractivity contribution in [3.05, 3.63) is 29.8 Å². The number of ether oxygens (including phenoxy) is 2. The van der Waals surface area contributed by atoms with E-state index in [0.717, 1.165) is 37.4 Å². The van der Waals surface area contributed by atoms with E-state index in [1.54, 1.807) is 0 Å². The van der Waals surface area contributed by atoms with Gasteiger partial charge in [0.1, 0.15) is 5.75 Å². The van der Waals surface area contributed by atoms with Gasteiger partial charge in [-0.1, -0.05) is 12.1 Å². The van der Waals surface area contributed by atoms with Crippen molar-refractivity contribution in [1.82, 2.24) is 10.2 Å². The minimum atomic E-state index is 0.0747. The number of benzene rings is 1. The number of rotatable bonds is 7. The quantitative estimate of drug-likeness (QED) is 0.829. The molecule has 122 valence electrons. The smallest absolute Gasteiger partial charge is 0.220 e. The molecule has 0 bridgehead atoms. The fourth-order valence-electron chi connectivity index (χ4n) is 2.48. The highest BCUT2D eigenvalue weighted by Gasteiger charge is 2.17. The fraction of sp³-hybridized carbons (Fsp3) is 0.588. The van der Waals surface area contributed by atoms with Crippen LogP contribution >= 0.6 is 0 Å². The summed E-state index contributed by atoms with van der Waals surface area (Å²) < 4.78 is 11.0. The Morgan fingerprint density at radius 2 is 2.18 bits per heavy atom. The van der Waals surface area contributed by atoms with Crippen LogP contribution in [0.2, 0.25) is 0 Å². The van der Waals surface area contributed by atoms with Gasteiger partial charge in [0.2, 0.25) is 5.91 Å². The molecule has 22 heavy (non-hydrogen) atoms. The predicted molar refractivity (Wildman–Crippen MR) is 86.2 cm³/mol. The minimum absolute atomic E-state index is 0.0747. The molecule has 0 unspecified atom stereocenters. The Labute approximate surface area is 132 Å². The van der Waals surface area contributed by atoms with E-state index >= 15 is 0 Å². The average Bonchev–Trinajstić information content (AvgIpc) is 2.53. The highest BCUT2D eigenvalue weighted by Crippen LogP contribution is 2.13. The third-order valence-electron chi connectivity index (χ3n) is 3.74. The monoisotopic (exact) mass is 306 g/mol. The number of likely N-dealkylation sites (N-methyl/N-ethyl adjacent to an activating group) is 1. The molecule has 1 aliphatic heterocycles. The lowest BCUT2D eigenvalue weighted by Gasteiger charge is -2.30. The Hall–Kier alpha value is -1.59. The van der Waals surface area contributed by atoms with Crippen molar-refractivity contribution >= 4 is 5.91 Å². The largest absolute Gasteiger partial charge is 0.494 e. The maximum atomic E-state index is 11.9. The van der Waals surface area contributed by atoms with Crippen molar-refractivity contribution in [2.75, 3.05) is 39.9 Å². The molecule has 2 rings (SSSR count). The summed E-state index contributed by atoms with van der Waals surface area (Å²) in [7, 11) is 2.07. The highest BCUT2D eigenvalue weighted by molar-refractivity contribution is 5.76. The number of nitrogens with zero attached hydrogens (tertiary/aromatic N) is 1. The molecule has 0 saturated carbocycles. The van der Waals surface area contributed by atoms with E-state index in [1.165, 1.54) is 0 Å². The van der Waals surface area contributed by atoms with Gasteiger partial charge in [-0.2, -0.15) is 0 Å². The second-order valence-corrected chi connectivity index (χ2v) is 5.64. The zero-order valence-corrected chi connectivity index (χ0v) is 13.5. The summed E-state index contributed by atoms with van der Waals surface area (Å²) in [5.41, 5.74) is 1.15. The number of hydrogen-bond acceptors (Lipinski definition) is 4. The van der Waals surface area contributed by atoms with Crippen LogP contribution in [0.5, 0.6) is 5.75 Å². The van der Waals surface area contributed by atoms with Crippen LogP contribution in [0.25, 0.3) is 0 Å². The SMILES string of the molecule is CCOc1ccc(CCC(=O)NC[C@H]2CN(C)CCO2)cc1. The highest BCUT2D eigenvalue weighted by atomic mass is 16.5. The normalized spacial score (nSPS) is 18.9. The molecule has 1 fully saturated rings. The second kappa shape index (κ2) is 8.76. The summed E-state index contributed by atoms with van der Waals surface area (Å²) in [6.07, 6.45) is 1.34. The fourth-order valence-corrected chi connectivity index (χ4v) is 2.48. The minimum Gasteiger partial charge on any atom is -0.494 e. The summed E-state index contributed by atoms with van der Waals surface area (Å²) >= 11 is 0. The van der Waals surface area contributed by atoms with Crippen molar-refractivity contribution in [3.63, 3.8) is 0 Å². The van der Waals surface area contributed by atoms with Crippen LogP contribution in [-0.2, 0) is 16.0 Å². The third kappa shape index (κ3) is 5.66. The predicted octanol–water partition coefficient (Wildman–Crippen LogP) is 1.46. The van der Waals surface area contributed by atoms with Crippen LogP contribution in [0, 0.1) is 0 Å². The van der Waals surface area contributed by atoms with E-state index in [4.69, 9.17) is 9.47 Å². The van der Waals surface area contributed by atoms with Gasteiger partial charge >= 0.3 is 0 Å². The first kappa shape index (κ1) is 16.8. The van der Waals surface area contributed by atoms with Gasteiger partial charge in [0.05, 0.1) is 19.3 Å². The second-order valence-electron chi connectivity index (χ2n) is 5.64. The van der Waals surface area contributed by atoms with Crippen molar-refractivity contribution < 1.29 is 14.3 Å². The Balaban J connectivity index is 1.66. The van der Waals surface area contributed by atoms with Gasteiger partial charge in [-0.05, 0) is 38.1 Å². The maximum Gasteiger partial charge on any atom is 0.220 e. The molecule has 1 aliphatic rings. The van der Waals surface area contributed by atoms with Gasteiger partial charge in [-0.3, -0.25) is 4.79 Å². The van der Waals surface area contributed by atoms with Gasteiger partial charge in [-0.25, -0.2) is 0 Å². The number of morpholine rings is 1. The lowest BCUT2D eigenvalue weighted by molar-refractivity contribution is -0.122. The Morgan fingerprint density at radius 1 is 1.41 bits per heavy atom. The van der Waals surface area contributed by atoms with E-state index in [1.807, 2.05) is 31.2 Å². The van der Waals surface area contributed by atoms with Crippen molar-refractivity contribution in [2.45, 2.75) is 25.9 Å². The van der Waals surface area contributed by atoms with Crippen LogP contribution in [0.3, 0.4) is 0 Å². The summed E-state index contributed by atoms with van der Waals surface area (Å²) in [4.78, 5) is 14.1. The first-order valence-corrected chi connectivity index (χ1v) is 7.96. The lowest BCUT2D eigenvalue weighted by Crippen LogP contribution is -2.45. The van der Waals surface area contributed by atoms with Gasteiger partial charge < -0.3 is 19.7 Å². The molecule has 0 radical (unpaired) electrons. The number of carbonyl (C=O) groups excluding carboxylic acids is 1. The average molecular weight is 306 g/mol. The van der Waals surface area contributed by atoms with Crippen molar-refractivity contribution in [2.24, 2.45) is 0 Å². The maximum absolute atomic E-state index is 11.9. The zero-order valence-electron chi connectivity index (χ0n) is 13.5. The molecule has 1 atom stereocenters. The van der Waals surface area contributed by atoms with E-state index in [-0.39, 0.29) is 12.0 Å². The van der Waals surface area contributed by atoms with E-state index in [0.29, 0.717) is 19.6 Å². The molecule has 5 heteroatoms.